The molecule has 2 aromatic carbocycles. The van der Waals surface area contributed by atoms with E-state index in [-0.39, 0.29) is 16.7 Å². The van der Waals surface area contributed by atoms with E-state index in [2.05, 4.69) is 12.1 Å². The monoisotopic (exact) mass is 493 g/mol. The molecule has 0 spiro atoms. The lowest BCUT2D eigenvalue weighted by atomic mass is 9.81. The zero-order chi connectivity index (χ0) is 25.6. The summed E-state index contributed by atoms with van der Waals surface area (Å²) >= 11 is 0. The van der Waals surface area contributed by atoms with Crippen LogP contribution in [-0.4, -0.2) is 28.7 Å². The number of nitro benzene ring substituents is 1. The van der Waals surface area contributed by atoms with E-state index < -0.39 is 17.5 Å². The van der Waals surface area contributed by atoms with E-state index in [1.165, 1.54) is 0 Å². The van der Waals surface area contributed by atoms with Gasteiger partial charge >= 0.3 is 5.97 Å². The van der Waals surface area contributed by atoms with Gasteiger partial charge < -0.3 is 14.6 Å². The molecule has 2 fully saturated rings. The molecule has 2 aliphatic carbocycles. The lowest BCUT2D eigenvalue weighted by Crippen LogP contribution is -2.25. The number of carbonyl (C=O) groups is 1. The van der Waals surface area contributed by atoms with Crippen LogP contribution in [0.3, 0.4) is 0 Å². The fraction of sp³-hybridized carbons (Fsp3) is 0.552. The molecule has 192 valence electrons. The summed E-state index contributed by atoms with van der Waals surface area (Å²) in [7, 11) is 0. The molecule has 0 aromatic heterocycles. The van der Waals surface area contributed by atoms with Crippen molar-refractivity contribution in [2.75, 3.05) is 6.61 Å². The summed E-state index contributed by atoms with van der Waals surface area (Å²) in [5, 5.41) is 21.9. The number of aryl methyl sites for hydroxylation is 1. The normalized spacial score (nSPS) is 18.3. The number of carboxylic acid groups (broad SMARTS) is 1. The molecule has 0 radical (unpaired) electrons. The van der Waals surface area contributed by atoms with E-state index >= 15 is 0 Å². The number of fused-ring (bicyclic) bond motifs is 1. The Labute approximate surface area is 212 Å². The minimum atomic E-state index is -0.914. The molecule has 1 N–H and O–H groups in total. The number of hydrogen-bond donors (Lipinski definition) is 1. The van der Waals surface area contributed by atoms with Crippen LogP contribution in [0, 0.1) is 22.5 Å². The Balaban J connectivity index is 1.68. The van der Waals surface area contributed by atoms with Gasteiger partial charge in [0.05, 0.1) is 29.2 Å². The predicted molar refractivity (Wildman–Crippen MR) is 137 cm³/mol. The third-order valence-corrected chi connectivity index (χ3v) is 7.86. The molecule has 2 saturated carbocycles. The van der Waals surface area contributed by atoms with Crippen molar-refractivity contribution in [3.63, 3.8) is 0 Å². The van der Waals surface area contributed by atoms with Crippen molar-refractivity contribution >= 4 is 11.7 Å². The summed E-state index contributed by atoms with van der Waals surface area (Å²) in [5.74, 6) is 0.353. The molecule has 5 rings (SSSR count). The third kappa shape index (κ3) is 4.99. The van der Waals surface area contributed by atoms with Crippen LogP contribution in [0.15, 0.2) is 24.3 Å². The van der Waals surface area contributed by atoms with E-state index in [1.807, 2.05) is 13.0 Å². The van der Waals surface area contributed by atoms with Gasteiger partial charge in [-0.15, -0.1) is 0 Å². The van der Waals surface area contributed by atoms with Gasteiger partial charge in [-0.1, -0.05) is 6.07 Å². The Morgan fingerprint density at radius 2 is 2.00 bits per heavy atom. The maximum Gasteiger partial charge on any atom is 0.309 e. The molecule has 1 unspecified atom stereocenters. The largest absolute Gasteiger partial charge is 0.493 e. The highest BCUT2D eigenvalue weighted by atomic mass is 16.6. The number of benzene rings is 2. The SMILES string of the molecule is Cc1c([N+](=O)[O-])cc(C2CC2)c(-c2ccc3c(c2)CCCO3)c1C(CCC(C)(C)C(=O)O)OC1CC1. The highest BCUT2D eigenvalue weighted by Gasteiger charge is 2.38. The second kappa shape index (κ2) is 9.51. The standard InChI is InChI=1S/C29H35NO6/c1-17-23(30(33)34)16-22(18-6-7-18)27(20-8-11-24-19(15-20)5-4-14-35-24)26(17)25(36-21-9-10-21)12-13-29(2,3)28(31)32/h8,11,15-16,18,21,25H,4-7,9-10,12-14H2,1-3H3,(H,31,32). The summed E-state index contributed by atoms with van der Waals surface area (Å²) in [6.45, 7) is 5.99. The van der Waals surface area contributed by atoms with Crippen molar-refractivity contribution in [1.82, 2.24) is 0 Å². The van der Waals surface area contributed by atoms with Crippen molar-refractivity contribution < 1.29 is 24.3 Å². The molecule has 0 bridgehead atoms. The number of rotatable bonds is 10. The number of aliphatic carboxylic acids is 1. The Morgan fingerprint density at radius 3 is 2.64 bits per heavy atom. The summed E-state index contributed by atoms with van der Waals surface area (Å²) in [6.07, 6.45) is 6.49. The molecule has 0 amide bonds. The predicted octanol–water partition coefficient (Wildman–Crippen LogP) is 6.88. The molecule has 7 heteroatoms. The van der Waals surface area contributed by atoms with Gasteiger partial charge in [-0.3, -0.25) is 14.9 Å². The molecular weight excluding hydrogens is 458 g/mol. The van der Waals surface area contributed by atoms with Gasteiger partial charge in [-0.05, 0) is 118 Å². The molecule has 1 aliphatic heterocycles. The van der Waals surface area contributed by atoms with Crippen LogP contribution >= 0.6 is 0 Å². The first-order valence-electron chi connectivity index (χ1n) is 13.1. The molecule has 2 aromatic rings. The van der Waals surface area contributed by atoms with Crippen molar-refractivity contribution in [2.24, 2.45) is 5.41 Å². The van der Waals surface area contributed by atoms with Crippen LogP contribution in [0.25, 0.3) is 11.1 Å². The van der Waals surface area contributed by atoms with E-state index in [4.69, 9.17) is 9.47 Å². The first-order chi connectivity index (χ1) is 17.2. The number of ether oxygens (including phenoxy) is 2. The zero-order valence-corrected chi connectivity index (χ0v) is 21.3. The molecule has 1 heterocycles. The number of nitrogens with zero attached hydrogens (tertiary/aromatic N) is 1. The summed E-state index contributed by atoms with van der Waals surface area (Å²) in [5.41, 5.74) is 4.93. The number of carboxylic acids is 1. The van der Waals surface area contributed by atoms with Crippen LogP contribution in [0.1, 0.15) is 93.1 Å². The molecular formula is C29H35NO6. The lowest BCUT2D eigenvalue weighted by molar-refractivity contribution is -0.385. The molecule has 36 heavy (non-hydrogen) atoms. The summed E-state index contributed by atoms with van der Waals surface area (Å²) in [6, 6.07) is 8.04. The van der Waals surface area contributed by atoms with E-state index in [1.54, 1.807) is 19.9 Å². The van der Waals surface area contributed by atoms with Crippen LogP contribution in [-0.2, 0) is 16.0 Å². The van der Waals surface area contributed by atoms with Crippen molar-refractivity contribution in [1.29, 1.82) is 0 Å². The fourth-order valence-corrected chi connectivity index (χ4v) is 5.27. The third-order valence-electron chi connectivity index (χ3n) is 7.86. The van der Waals surface area contributed by atoms with Crippen molar-refractivity contribution in [3.05, 3.63) is 56.6 Å². The van der Waals surface area contributed by atoms with Crippen molar-refractivity contribution in [2.45, 2.75) is 90.3 Å². The minimum Gasteiger partial charge on any atom is -0.493 e. The lowest BCUT2D eigenvalue weighted by Gasteiger charge is -2.28. The van der Waals surface area contributed by atoms with Crippen LogP contribution in [0.4, 0.5) is 5.69 Å². The Kier molecular flexibility index (Phi) is 6.54. The summed E-state index contributed by atoms with van der Waals surface area (Å²) in [4.78, 5) is 23.7. The minimum absolute atomic E-state index is 0.121. The Hall–Kier alpha value is -2.93. The van der Waals surface area contributed by atoms with E-state index in [9.17, 15) is 20.0 Å². The van der Waals surface area contributed by atoms with Crippen molar-refractivity contribution in [3.8, 4) is 16.9 Å². The summed E-state index contributed by atoms with van der Waals surface area (Å²) < 4.78 is 12.4. The topological polar surface area (TPSA) is 98.9 Å². The fourth-order valence-electron chi connectivity index (χ4n) is 5.27. The van der Waals surface area contributed by atoms with Crippen LogP contribution < -0.4 is 4.74 Å². The maximum absolute atomic E-state index is 12.1. The second-order valence-corrected chi connectivity index (χ2v) is 11.3. The maximum atomic E-state index is 12.1. The number of hydrogen-bond acceptors (Lipinski definition) is 5. The number of nitro groups is 1. The van der Waals surface area contributed by atoms with Gasteiger partial charge in [0.1, 0.15) is 5.75 Å². The van der Waals surface area contributed by atoms with Crippen LogP contribution in [0.2, 0.25) is 0 Å². The molecule has 0 saturated heterocycles. The Morgan fingerprint density at radius 1 is 1.25 bits per heavy atom. The van der Waals surface area contributed by atoms with Gasteiger partial charge in [0.15, 0.2) is 0 Å². The first-order valence-corrected chi connectivity index (χ1v) is 13.1. The van der Waals surface area contributed by atoms with Gasteiger partial charge in [0.25, 0.3) is 5.69 Å². The van der Waals surface area contributed by atoms with Gasteiger partial charge in [0.2, 0.25) is 0 Å². The van der Waals surface area contributed by atoms with Gasteiger partial charge in [0, 0.05) is 11.6 Å². The van der Waals surface area contributed by atoms with Crippen LogP contribution in [0.5, 0.6) is 5.75 Å². The van der Waals surface area contributed by atoms with E-state index in [0.717, 1.165) is 78.7 Å². The second-order valence-electron chi connectivity index (χ2n) is 11.3. The molecule has 7 nitrogen and oxygen atoms in total. The average Bonchev–Trinajstić information content (AvgIpc) is 3.76. The highest BCUT2D eigenvalue weighted by Crippen LogP contribution is 2.52. The molecule has 1 atom stereocenters. The smallest absolute Gasteiger partial charge is 0.309 e. The zero-order valence-electron chi connectivity index (χ0n) is 21.3. The van der Waals surface area contributed by atoms with Gasteiger partial charge in [-0.2, -0.15) is 0 Å². The van der Waals surface area contributed by atoms with E-state index in [0.29, 0.717) is 24.3 Å². The quantitative estimate of drug-likeness (QED) is 0.286. The van der Waals surface area contributed by atoms with Gasteiger partial charge in [-0.25, -0.2) is 0 Å². The first kappa shape index (κ1) is 24.8. The average molecular weight is 494 g/mol. The molecule has 3 aliphatic rings. The Bertz CT molecular complexity index is 1190. The highest BCUT2D eigenvalue weighted by molar-refractivity contribution is 5.78.